The van der Waals surface area contributed by atoms with Crippen molar-refractivity contribution in [3.8, 4) is 45.9 Å². The number of pyridine rings is 2. The van der Waals surface area contributed by atoms with Crippen LogP contribution in [0, 0.1) is 23.7 Å². The van der Waals surface area contributed by atoms with Gasteiger partial charge in [-0.2, -0.15) is 0 Å². The molecule has 2 aliphatic rings. The average Bonchev–Trinajstić information content (AvgIpc) is 4.05. The molecule has 2 N–H and O–H groups in total. The molecule has 0 amide bonds. The number of benzene rings is 2. The van der Waals surface area contributed by atoms with Crippen molar-refractivity contribution in [2.24, 2.45) is 14.1 Å². The third-order valence-corrected chi connectivity index (χ3v) is 9.50. The molecule has 0 aliphatic carbocycles. The van der Waals surface area contributed by atoms with Gasteiger partial charge in [0.25, 0.3) is 0 Å². The van der Waals surface area contributed by atoms with Crippen molar-refractivity contribution < 1.29 is 9.13 Å². The Hall–Kier alpha value is -7.54. The number of nitrogens with one attached hydrogen (secondary N) is 2. The highest BCUT2D eigenvalue weighted by Gasteiger charge is 2.17. The zero-order chi connectivity index (χ0) is 36.4. The van der Waals surface area contributed by atoms with Gasteiger partial charge in [0.1, 0.15) is 14.1 Å². The predicted octanol–water partition coefficient (Wildman–Crippen LogP) is 8.44. The summed E-state index contributed by atoms with van der Waals surface area (Å²) in [6, 6.07) is 37.3. The molecule has 7 heterocycles. The smallest absolute Gasteiger partial charge is 0.169 e. The first-order valence-electron chi connectivity index (χ1n) is 17.8. The Morgan fingerprint density at radius 1 is 0.407 bits per heavy atom. The van der Waals surface area contributed by atoms with Crippen LogP contribution in [0.5, 0.6) is 0 Å². The summed E-state index contributed by atoms with van der Waals surface area (Å²) >= 11 is 0. The number of nitrogens with zero attached hydrogens (tertiary/aromatic N) is 4. The van der Waals surface area contributed by atoms with Crippen molar-refractivity contribution in [3.63, 3.8) is 0 Å². The summed E-state index contributed by atoms with van der Waals surface area (Å²) in [5.41, 5.74) is 14.3. The van der Waals surface area contributed by atoms with Crippen LogP contribution < -0.4 is 9.13 Å². The SMILES string of the molecule is C[n+]1ccc(C#Cc2c3nc(c(-c4ccccc4)c4ccc([nH]4)c(C#Cc4cc[n+](C)cc4)c4ccc([nH]4)c(-c4ccccc4)c4nc2C=C4)C=C3)cc1. The van der Waals surface area contributed by atoms with E-state index in [4.69, 9.17) is 9.97 Å². The molecule has 5 aromatic heterocycles. The molecule has 0 radical (unpaired) electrons. The summed E-state index contributed by atoms with van der Waals surface area (Å²) in [4.78, 5) is 18.0. The van der Waals surface area contributed by atoms with Gasteiger partial charge in [-0.1, -0.05) is 84.3 Å². The minimum atomic E-state index is 0.757. The molecule has 2 aliphatic heterocycles. The maximum Gasteiger partial charge on any atom is 0.169 e. The molecule has 0 spiro atoms. The Bertz CT molecular complexity index is 2790. The average molecular weight is 695 g/mol. The van der Waals surface area contributed by atoms with Crippen molar-refractivity contribution in [2.75, 3.05) is 0 Å². The van der Waals surface area contributed by atoms with E-state index in [1.165, 1.54) is 0 Å². The second-order valence-corrected chi connectivity index (χ2v) is 13.2. The van der Waals surface area contributed by atoms with Crippen molar-refractivity contribution in [3.05, 3.63) is 179 Å². The van der Waals surface area contributed by atoms with Gasteiger partial charge in [0, 0.05) is 57.6 Å². The fourth-order valence-corrected chi connectivity index (χ4v) is 6.72. The maximum atomic E-state index is 5.27. The van der Waals surface area contributed by atoms with Crippen molar-refractivity contribution >= 4 is 46.4 Å². The van der Waals surface area contributed by atoms with E-state index < -0.39 is 0 Å². The van der Waals surface area contributed by atoms with E-state index >= 15 is 0 Å². The number of H-pyrrole nitrogens is 2. The summed E-state index contributed by atoms with van der Waals surface area (Å²) in [7, 11) is 4.00. The van der Waals surface area contributed by atoms with E-state index in [0.29, 0.717) is 0 Å². The fourth-order valence-electron chi connectivity index (χ4n) is 6.72. The van der Waals surface area contributed by atoms with E-state index in [2.05, 4.69) is 119 Å². The molecular formula is C48H34N6+2. The summed E-state index contributed by atoms with van der Waals surface area (Å²) in [5.74, 6) is 13.8. The number of aromatic nitrogens is 6. The van der Waals surface area contributed by atoms with Gasteiger partial charge in [0.05, 0.1) is 44.9 Å². The third kappa shape index (κ3) is 6.41. The molecular weight excluding hydrogens is 661 g/mol. The topological polar surface area (TPSA) is 65.1 Å². The van der Waals surface area contributed by atoms with Crippen LogP contribution in [0.3, 0.4) is 0 Å². The van der Waals surface area contributed by atoms with Crippen LogP contribution in [0.25, 0.3) is 68.6 Å². The van der Waals surface area contributed by atoms with E-state index in [1.54, 1.807) is 0 Å². The minimum absolute atomic E-state index is 0.757. The lowest BCUT2D eigenvalue weighted by Crippen LogP contribution is -2.25. The quantitative estimate of drug-likeness (QED) is 0.141. The molecule has 6 heteroatoms. The zero-order valence-corrected chi connectivity index (χ0v) is 29.8. The van der Waals surface area contributed by atoms with Gasteiger partial charge >= 0.3 is 0 Å². The zero-order valence-electron chi connectivity index (χ0n) is 29.8. The van der Waals surface area contributed by atoms with Crippen LogP contribution in [0.2, 0.25) is 0 Å². The second kappa shape index (κ2) is 13.9. The fraction of sp³-hybridized carbons (Fsp3) is 0.0417. The van der Waals surface area contributed by atoms with Crippen LogP contribution in [0.1, 0.15) is 45.0 Å². The van der Waals surface area contributed by atoms with Crippen molar-refractivity contribution in [2.45, 2.75) is 0 Å². The second-order valence-electron chi connectivity index (χ2n) is 13.2. The Labute approximate surface area is 313 Å². The number of hydrogen-bond donors (Lipinski definition) is 2. The molecule has 0 atom stereocenters. The van der Waals surface area contributed by atoms with E-state index in [-0.39, 0.29) is 0 Å². The van der Waals surface area contributed by atoms with E-state index in [0.717, 1.165) is 89.4 Å². The summed E-state index contributed by atoms with van der Waals surface area (Å²) in [6.45, 7) is 0. The van der Waals surface area contributed by atoms with E-state index in [9.17, 15) is 0 Å². The Morgan fingerprint density at radius 3 is 1.24 bits per heavy atom. The summed E-state index contributed by atoms with van der Waals surface area (Å²) < 4.78 is 4.00. The van der Waals surface area contributed by atoms with Gasteiger partial charge in [-0.05, 0) is 59.7 Å². The number of aromatic amines is 2. The first kappa shape index (κ1) is 32.4. The largest absolute Gasteiger partial charge is 0.354 e. The molecule has 254 valence electrons. The molecule has 2 aromatic carbocycles. The molecule has 0 saturated carbocycles. The van der Waals surface area contributed by atoms with Gasteiger partial charge in [-0.25, -0.2) is 19.1 Å². The van der Waals surface area contributed by atoms with Crippen LogP contribution in [-0.4, -0.2) is 19.9 Å². The highest BCUT2D eigenvalue weighted by atomic mass is 14.9. The van der Waals surface area contributed by atoms with Gasteiger partial charge < -0.3 is 9.97 Å². The number of hydrogen-bond acceptors (Lipinski definition) is 2. The van der Waals surface area contributed by atoms with Crippen molar-refractivity contribution in [1.82, 2.24) is 19.9 Å². The molecule has 6 nitrogen and oxygen atoms in total. The molecule has 54 heavy (non-hydrogen) atoms. The summed E-state index contributed by atoms with van der Waals surface area (Å²) in [6.07, 6.45) is 16.3. The van der Waals surface area contributed by atoms with Crippen LogP contribution in [0.4, 0.5) is 0 Å². The van der Waals surface area contributed by atoms with Gasteiger partial charge in [0.2, 0.25) is 0 Å². The molecule has 8 bridgehead atoms. The summed E-state index contributed by atoms with van der Waals surface area (Å²) in [5, 5.41) is 0. The normalized spacial score (nSPS) is 11.4. The van der Waals surface area contributed by atoms with E-state index in [1.807, 2.05) is 96.6 Å². The maximum absolute atomic E-state index is 5.27. The third-order valence-electron chi connectivity index (χ3n) is 9.50. The first-order chi connectivity index (χ1) is 26.6. The Kier molecular flexibility index (Phi) is 8.32. The minimum Gasteiger partial charge on any atom is -0.354 e. The van der Waals surface area contributed by atoms with Crippen LogP contribution in [0.15, 0.2) is 134 Å². The number of aryl methyl sites for hydroxylation is 2. The van der Waals surface area contributed by atoms with Gasteiger partial charge in [-0.3, -0.25) is 0 Å². The molecule has 0 fully saturated rings. The van der Waals surface area contributed by atoms with Crippen molar-refractivity contribution in [1.29, 1.82) is 0 Å². The highest BCUT2D eigenvalue weighted by molar-refractivity contribution is 5.95. The molecule has 7 aromatic rings. The monoisotopic (exact) mass is 694 g/mol. The highest BCUT2D eigenvalue weighted by Crippen LogP contribution is 2.34. The Morgan fingerprint density at radius 2 is 0.796 bits per heavy atom. The lowest BCUT2D eigenvalue weighted by molar-refractivity contribution is -0.671. The molecule has 9 rings (SSSR count). The number of fused-ring (bicyclic) bond motifs is 8. The first-order valence-corrected chi connectivity index (χ1v) is 17.8. The van der Waals surface area contributed by atoms with Gasteiger partial charge in [-0.15, -0.1) is 0 Å². The standard InChI is InChI=1S/C48H33N6/c1-53-29-25-33(26-30-53)13-15-37-39-17-21-43(49-39)47(35-9-5-3-6-10-35)45-23-19-41(51-45)38(16-14-34-27-31-54(2)32-28-34)42-20-24-46(52-42)48(36-11-7-4-8-12-36)44-22-18-40(37)50-44/h3-12,17-32H,1-2H3,(H,49,50,51,52)/q+1/p+1. The Balaban J connectivity index is 1.40. The lowest BCUT2D eigenvalue weighted by Gasteiger charge is -2.04. The van der Waals surface area contributed by atoms with Crippen LogP contribution >= 0.6 is 0 Å². The predicted molar refractivity (Wildman–Crippen MR) is 217 cm³/mol. The lowest BCUT2D eigenvalue weighted by atomic mass is 10.0. The molecule has 0 saturated heterocycles. The number of rotatable bonds is 2. The molecule has 0 unspecified atom stereocenters. The van der Waals surface area contributed by atoms with Gasteiger partial charge in [0.15, 0.2) is 24.8 Å². The van der Waals surface area contributed by atoms with Crippen LogP contribution in [-0.2, 0) is 14.1 Å².